The van der Waals surface area contributed by atoms with Crippen molar-refractivity contribution >= 4 is 35.3 Å². The minimum Gasteiger partial charge on any atom is -0.746 e. The second-order valence-electron chi connectivity index (χ2n) is 8.19. The molecule has 2 aromatic heterocycles. The van der Waals surface area contributed by atoms with E-state index >= 15 is 0 Å². The molecular formula is C24H30N3O5P. The molecule has 176 valence electrons. The van der Waals surface area contributed by atoms with Gasteiger partial charge >= 0.3 is 7.82 Å². The largest absolute Gasteiger partial charge is 0.746 e. The zero-order valence-corrected chi connectivity index (χ0v) is 20.0. The van der Waals surface area contributed by atoms with Gasteiger partial charge in [-0.2, -0.15) is 0 Å². The molecule has 9 heteroatoms. The Morgan fingerprint density at radius 3 is 1.70 bits per heavy atom. The second-order valence-corrected chi connectivity index (χ2v) is 9.31. The molecule has 2 aromatic carbocycles. The summed E-state index contributed by atoms with van der Waals surface area (Å²) in [5.74, 6) is 0.379. The van der Waals surface area contributed by atoms with Crippen molar-refractivity contribution in [3.8, 4) is 5.75 Å². The van der Waals surface area contributed by atoms with Crippen molar-refractivity contribution in [3.05, 3.63) is 72.1 Å². The predicted octanol–water partition coefficient (Wildman–Crippen LogP) is 3.60. The molecule has 6 N–H and O–H groups in total. The first-order chi connectivity index (χ1) is 15.1. The first-order valence-electron chi connectivity index (χ1n) is 10.4. The molecule has 4 rings (SSSR count). The van der Waals surface area contributed by atoms with E-state index in [1.54, 1.807) is 24.5 Å². The fourth-order valence-corrected chi connectivity index (χ4v) is 3.94. The van der Waals surface area contributed by atoms with E-state index in [2.05, 4.69) is 40.0 Å². The third-order valence-electron chi connectivity index (χ3n) is 5.00. The second kappa shape index (κ2) is 10.8. The molecule has 0 spiro atoms. The van der Waals surface area contributed by atoms with Crippen molar-refractivity contribution in [2.75, 3.05) is 0 Å². The lowest BCUT2D eigenvalue weighted by molar-refractivity contribution is -0.255. The number of benzene rings is 2. The van der Waals surface area contributed by atoms with Gasteiger partial charge in [0.05, 0.1) is 11.0 Å². The monoisotopic (exact) mass is 471 g/mol. The van der Waals surface area contributed by atoms with E-state index in [-0.39, 0.29) is 23.1 Å². The number of hydrogen-bond acceptors (Lipinski definition) is 5. The van der Waals surface area contributed by atoms with Crippen LogP contribution in [0.2, 0.25) is 0 Å². The number of pyridine rings is 2. The minimum atomic E-state index is -4.81. The minimum absolute atomic E-state index is 0. The lowest BCUT2D eigenvalue weighted by atomic mass is 9.93. The quantitative estimate of drug-likeness (QED) is 0.342. The summed E-state index contributed by atoms with van der Waals surface area (Å²) in [4.78, 5) is 28.6. The third-order valence-corrected chi connectivity index (χ3v) is 5.41. The highest BCUT2D eigenvalue weighted by Gasteiger charge is 2.20. The van der Waals surface area contributed by atoms with Gasteiger partial charge in [0, 0.05) is 46.4 Å². The number of phosphoric acid groups is 1. The molecule has 0 aliphatic carbocycles. The van der Waals surface area contributed by atoms with Crippen LogP contribution in [-0.4, -0.2) is 20.3 Å². The fraction of sp³-hybridized carbons (Fsp3) is 0.250. The van der Waals surface area contributed by atoms with Crippen LogP contribution in [0.15, 0.2) is 60.9 Å². The van der Waals surface area contributed by atoms with Gasteiger partial charge in [-0.15, -0.1) is 0 Å². The van der Waals surface area contributed by atoms with E-state index in [0.717, 1.165) is 38.6 Å². The molecule has 0 amide bonds. The molecule has 1 unspecified atom stereocenters. The lowest BCUT2D eigenvalue weighted by Crippen LogP contribution is -2.40. The van der Waals surface area contributed by atoms with Crippen LogP contribution >= 0.6 is 7.82 Å². The molecule has 0 radical (unpaired) electrons. The molecule has 8 nitrogen and oxygen atoms in total. The molecule has 2 heterocycles. The standard InChI is InChI=1S/C12H8N2.C12H20NO4P.H2O/c1-3-9-5-6-10-4-2-8-14-12(10)11(9)13-7-1;1-7(2)10-5-9(13)6-11(8(3)4)12(10)17-18(14,15)16;/h1-8H;5-8H,13H2,1-4H3,(H2,14,15,16);1H2. The number of hydrogen-bond donors (Lipinski definition) is 2. The molecule has 1 atom stereocenters. The van der Waals surface area contributed by atoms with Crippen LogP contribution < -0.4 is 15.2 Å². The van der Waals surface area contributed by atoms with Crippen molar-refractivity contribution < 1.29 is 30.1 Å². The predicted molar refractivity (Wildman–Crippen MR) is 128 cm³/mol. The summed E-state index contributed by atoms with van der Waals surface area (Å²) in [6.45, 7) is 7.72. The molecule has 0 fully saturated rings. The van der Waals surface area contributed by atoms with Gasteiger partial charge in [0.1, 0.15) is 11.4 Å². The maximum Gasteiger partial charge on any atom is 0.317 e. The summed E-state index contributed by atoms with van der Waals surface area (Å²) >= 11 is 0. The van der Waals surface area contributed by atoms with Crippen LogP contribution in [0, 0.1) is 0 Å². The molecule has 0 aliphatic heterocycles. The summed E-state index contributed by atoms with van der Waals surface area (Å²) < 4.78 is 15.8. The fourth-order valence-electron chi connectivity index (χ4n) is 3.50. The van der Waals surface area contributed by atoms with E-state index < -0.39 is 7.82 Å². The molecule has 33 heavy (non-hydrogen) atoms. The van der Waals surface area contributed by atoms with E-state index in [1.807, 2.05) is 39.8 Å². The van der Waals surface area contributed by atoms with Gasteiger partial charge in [0.2, 0.25) is 0 Å². The van der Waals surface area contributed by atoms with Crippen LogP contribution in [0.1, 0.15) is 50.7 Å². The molecule has 0 bridgehead atoms. The Bertz CT molecular complexity index is 1200. The molecule has 0 saturated heterocycles. The first kappa shape index (κ1) is 26.4. The highest BCUT2D eigenvalue weighted by molar-refractivity contribution is 7.45. The van der Waals surface area contributed by atoms with Gasteiger partial charge in [-0.1, -0.05) is 52.0 Å². The number of aromatic nitrogens is 2. The first-order valence-corrected chi connectivity index (χ1v) is 11.9. The molecule has 0 saturated carbocycles. The Hall–Kier alpha value is -2.87. The summed E-state index contributed by atoms with van der Waals surface area (Å²) in [5, 5.41) is 2.28. The molecule has 4 aromatic rings. The van der Waals surface area contributed by atoms with E-state index in [0.29, 0.717) is 0 Å². The van der Waals surface area contributed by atoms with Crippen LogP contribution in [0.5, 0.6) is 5.75 Å². The van der Waals surface area contributed by atoms with Crippen molar-refractivity contribution in [1.82, 2.24) is 9.97 Å². The highest BCUT2D eigenvalue weighted by Crippen LogP contribution is 2.43. The highest BCUT2D eigenvalue weighted by atomic mass is 31.2. The Balaban J connectivity index is 0.000000231. The maximum absolute atomic E-state index is 11.0. The van der Waals surface area contributed by atoms with Crippen LogP contribution in [0.4, 0.5) is 5.69 Å². The van der Waals surface area contributed by atoms with Crippen LogP contribution in [0.3, 0.4) is 0 Å². The summed E-state index contributed by atoms with van der Waals surface area (Å²) in [7, 11) is -4.81. The van der Waals surface area contributed by atoms with Gasteiger partial charge in [-0.25, -0.2) is 0 Å². The summed E-state index contributed by atoms with van der Waals surface area (Å²) in [6.07, 6.45) is 3.60. The number of rotatable bonds is 4. The van der Waals surface area contributed by atoms with Crippen molar-refractivity contribution in [1.29, 1.82) is 0 Å². The SMILES string of the molecule is CC(C)c1cc([NH3+])cc(C(C)C)c1OP(=O)([O-])O.O.c1cnc2c(c1)ccc1cccnc12. The number of nitrogens with zero attached hydrogens (tertiary/aromatic N) is 2. The van der Waals surface area contributed by atoms with Crippen LogP contribution in [0.25, 0.3) is 21.8 Å². The van der Waals surface area contributed by atoms with Gasteiger partial charge in [0.15, 0.2) is 0 Å². The van der Waals surface area contributed by atoms with Crippen molar-refractivity contribution in [2.45, 2.75) is 39.5 Å². The number of phosphoric ester groups is 1. The van der Waals surface area contributed by atoms with E-state index in [4.69, 9.17) is 9.42 Å². The summed E-state index contributed by atoms with van der Waals surface area (Å²) in [6, 6.07) is 15.7. The van der Waals surface area contributed by atoms with Gasteiger partial charge < -0.3 is 25.5 Å². The third kappa shape index (κ3) is 6.57. The zero-order chi connectivity index (χ0) is 23.5. The number of fused-ring (bicyclic) bond motifs is 3. The zero-order valence-electron chi connectivity index (χ0n) is 19.1. The van der Waals surface area contributed by atoms with Crippen molar-refractivity contribution in [2.24, 2.45) is 0 Å². The topological polar surface area (TPSA) is 155 Å². The van der Waals surface area contributed by atoms with Gasteiger partial charge in [0.25, 0.3) is 0 Å². The normalized spacial score (nSPS) is 12.8. The lowest BCUT2D eigenvalue weighted by Gasteiger charge is -2.24. The van der Waals surface area contributed by atoms with Gasteiger partial charge in [-0.3, -0.25) is 14.5 Å². The average molecular weight is 471 g/mol. The van der Waals surface area contributed by atoms with Gasteiger partial charge in [-0.05, 0) is 24.0 Å². The molecule has 0 aliphatic rings. The molecular weight excluding hydrogens is 441 g/mol. The number of quaternary nitrogens is 1. The van der Waals surface area contributed by atoms with E-state index in [1.165, 1.54) is 0 Å². The maximum atomic E-state index is 11.0. The Labute approximate surface area is 193 Å². The Morgan fingerprint density at radius 1 is 0.909 bits per heavy atom. The van der Waals surface area contributed by atoms with Crippen LogP contribution in [-0.2, 0) is 4.57 Å². The van der Waals surface area contributed by atoms with Crippen molar-refractivity contribution in [3.63, 3.8) is 0 Å². The smallest absolute Gasteiger partial charge is 0.317 e. The summed E-state index contributed by atoms with van der Waals surface area (Å²) in [5.41, 5.74) is 8.10. The van der Waals surface area contributed by atoms with E-state index in [9.17, 15) is 9.46 Å². The Morgan fingerprint density at radius 2 is 1.33 bits per heavy atom. The Kier molecular flexibility index (Phi) is 8.66. The average Bonchev–Trinajstić information content (AvgIpc) is 2.74.